The van der Waals surface area contributed by atoms with Crippen LogP contribution in [0.25, 0.3) is 0 Å². The lowest BCUT2D eigenvalue weighted by molar-refractivity contribution is 0.0775. The van der Waals surface area contributed by atoms with E-state index < -0.39 is 34.0 Å². The van der Waals surface area contributed by atoms with Crippen LogP contribution in [0.4, 0.5) is 5.69 Å². The van der Waals surface area contributed by atoms with Crippen LogP contribution in [0.5, 0.6) is 0 Å². The third-order valence-electron chi connectivity index (χ3n) is 5.99. The van der Waals surface area contributed by atoms with Crippen molar-refractivity contribution >= 4 is 27.5 Å². The normalized spacial score (nSPS) is 13.3. The van der Waals surface area contributed by atoms with Crippen LogP contribution in [0.2, 0.25) is 0 Å². The van der Waals surface area contributed by atoms with Gasteiger partial charge < -0.3 is 21.9 Å². The number of carbonyl (C=O) groups excluding carboxylic acids is 2. The molecule has 0 radical (unpaired) electrons. The van der Waals surface area contributed by atoms with E-state index in [1.54, 1.807) is 0 Å². The lowest BCUT2D eigenvalue weighted by atomic mass is 10.00. The van der Waals surface area contributed by atoms with E-state index in [2.05, 4.69) is 5.32 Å². The number of hydrogen-bond donors (Lipinski definition) is 4. The number of anilines is 1. The van der Waals surface area contributed by atoms with Crippen LogP contribution < -0.4 is 16.8 Å². The summed E-state index contributed by atoms with van der Waals surface area (Å²) in [6.45, 7) is 3.71. The minimum atomic E-state index is -3.95. The molecule has 0 saturated heterocycles. The number of sulfonamides is 1. The third-order valence-corrected chi connectivity index (χ3v) is 7.83. The van der Waals surface area contributed by atoms with Crippen molar-refractivity contribution in [2.45, 2.75) is 37.3 Å². The number of rotatable bonds is 12. The number of carbonyl (C=O) groups is 2. The van der Waals surface area contributed by atoms with Gasteiger partial charge in [0, 0.05) is 29.9 Å². The molecule has 0 aliphatic heterocycles. The maximum absolute atomic E-state index is 13.5. The monoisotopic (exact) mass is 538 g/mol. The highest BCUT2D eigenvalue weighted by atomic mass is 32.2. The van der Waals surface area contributed by atoms with Crippen LogP contribution in [0.15, 0.2) is 83.8 Å². The van der Waals surface area contributed by atoms with Crippen LogP contribution >= 0.6 is 0 Å². The SMILES string of the molecule is CC(C)CN(C[C@@H](O)[C@H](Cc1ccccc1)NC(=O)c1ccc(C(N)=O)cc1)S(=O)(=O)c1ccc(N)cc1. The summed E-state index contributed by atoms with van der Waals surface area (Å²) in [5.41, 5.74) is 12.8. The molecular weight excluding hydrogens is 504 g/mol. The second-order valence-electron chi connectivity index (χ2n) is 9.56. The van der Waals surface area contributed by atoms with E-state index in [0.29, 0.717) is 5.69 Å². The minimum absolute atomic E-state index is 0.0170. The quantitative estimate of drug-likeness (QED) is 0.260. The summed E-state index contributed by atoms with van der Waals surface area (Å²) in [7, 11) is -3.95. The molecule has 0 unspecified atom stereocenters. The molecule has 0 aliphatic carbocycles. The van der Waals surface area contributed by atoms with E-state index in [4.69, 9.17) is 11.5 Å². The molecule has 0 aliphatic rings. The van der Waals surface area contributed by atoms with Gasteiger partial charge in [-0.25, -0.2) is 8.42 Å². The summed E-state index contributed by atoms with van der Waals surface area (Å²) in [5.74, 6) is -1.10. The zero-order valence-electron chi connectivity index (χ0n) is 21.4. The van der Waals surface area contributed by atoms with Crippen molar-refractivity contribution < 1.29 is 23.1 Å². The Kier molecular flexibility index (Phi) is 9.62. The first-order valence-electron chi connectivity index (χ1n) is 12.3. The highest BCUT2D eigenvalue weighted by molar-refractivity contribution is 7.89. The summed E-state index contributed by atoms with van der Waals surface area (Å²) < 4.78 is 28.2. The average molecular weight is 539 g/mol. The van der Waals surface area contributed by atoms with Gasteiger partial charge in [-0.3, -0.25) is 9.59 Å². The van der Waals surface area contributed by atoms with Gasteiger partial charge in [0.1, 0.15) is 0 Å². The maximum atomic E-state index is 13.5. The number of hydrogen-bond acceptors (Lipinski definition) is 6. The molecule has 0 bridgehead atoms. The predicted octanol–water partition coefficient (Wildman–Crippen LogP) is 2.42. The first-order valence-corrected chi connectivity index (χ1v) is 13.7. The Morgan fingerprint density at radius 2 is 1.47 bits per heavy atom. The van der Waals surface area contributed by atoms with Gasteiger partial charge in [-0.2, -0.15) is 4.31 Å². The number of amides is 2. The first kappa shape index (κ1) is 28.8. The van der Waals surface area contributed by atoms with Crippen molar-refractivity contribution in [3.8, 4) is 0 Å². The van der Waals surface area contributed by atoms with Crippen LogP contribution in [-0.4, -0.2) is 54.9 Å². The topological polar surface area (TPSA) is 156 Å². The summed E-state index contributed by atoms with van der Waals surface area (Å²) in [4.78, 5) is 24.5. The van der Waals surface area contributed by atoms with Crippen molar-refractivity contribution in [3.05, 3.63) is 95.6 Å². The molecule has 3 aromatic rings. The predicted molar refractivity (Wildman–Crippen MR) is 147 cm³/mol. The molecule has 202 valence electrons. The van der Waals surface area contributed by atoms with Crippen LogP contribution in [0.1, 0.15) is 40.1 Å². The zero-order valence-corrected chi connectivity index (χ0v) is 22.3. The second-order valence-corrected chi connectivity index (χ2v) is 11.5. The molecular formula is C28H34N4O5S. The summed E-state index contributed by atoms with van der Waals surface area (Å²) in [5, 5.41) is 14.2. The molecule has 2 atom stereocenters. The van der Waals surface area contributed by atoms with Gasteiger partial charge in [-0.15, -0.1) is 0 Å². The molecule has 0 saturated carbocycles. The number of aliphatic hydroxyl groups is 1. The maximum Gasteiger partial charge on any atom is 0.251 e. The van der Waals surface area contributed by atoms with E-state index in [-0.39, 0.29) is 41.5 Å². The number of primary amides is 1. The number of nitrogen functional groups attached to an aromatic ring is 1. The molecule has 38 heavy (non-hydrogen) atoms. The third kappa shape index (κ3) is 7.64. The molecule has 0 aromatic heterocycles. The van der Waals surface area contributed by atoms with Crippen LogP contribution in [0.3, 0.4) is 0 Å². The molecule has 0 fully saturated rings. The Hall–Kier alpha value is -3.73. The Bertz CT molecular complexity index is 1330. The van der Waals surface area contributed by atoms with Gasteiger partial charge in [0.05, 0.1) is 17.0 Å². The zero-order chi connectivity index (χ0) is 27.9. The molecule has 10 heteroatoms. The van der Waals surface area contributed by atoms with Crippen LogP contribution in [-0.2, 0) is 16.4 Å². The molecule has 3 aromatic carbocycles. The van der Waals surface area contributed by atoms with Gasteiger partial charge in [0.15, 0.2) is 0 Å². The second kappa shape index (κ2) is 12.7. The summed E-state index contributed by atoms with van der Waals surface area (Å²) in [6, 6.07) is 20.2. The molecule has 0 heterocycles. The van der Waals surface area contributed by atoms with Crippen molar-refractivity contribution in [1.29, 1.82) is 0 Å². The van der Waals surface area contributed by atoms with E-state index in [1.165, 1.54) is 52.8 Å². The van der Waals surface area contributed by atoms with Gasteiger partial charge >= 0.3 is 0 Å². The molecule has 6 N–H and O–H groups in total. The van der Waals surface area contributed by atoms with Gasteiger partial charge in [-0.05, 0) is 66.4 Å². The van der Waals surface area contributed by atoms with Gasteiger partial charge in [0.2, 0.25) is 15.9 Å². The molecule has 0 spiro atoms. The Morgan fingerprint density at radius 1 is 0.895 bits per heavy atom. The Morgan fingerprint density at radius 3 is 2.03 bits per heavy atom. The summed E-state index contributed by atoms with van der Waals surface area (Å²) in [6.07, 6.45) is -0.962. The number of benzene rings is 3. The fourth-order valence-corrected chi connectivity index (χ4v) is 5.61. The van der Waals surface area contributed by atoms with E-state index in [9.17, 15) is 23.1 Å². The molecule has 3 rings (SSSR count). The van der Waals surface area contributed by atoms with E-state index in [1.807, 2.05) is 44.2 Å². The van der Waals surface area contributed by atoms with E-state index in [0.717, 1.165) is 5.56 Å². The van der Waals surface area contributed by atoms with E-state index >= 15 is 0 Å². The number of nitrogens with zero attached hydrogens (tertiary/aromatic N) is 1. The van der Waals surface area contributed by atoms with Gasteiger partial charge in [0.25, 0.3) is 5.91 Å². The number of aliphatic hydroxyl groups excluding tert-OH is 1. The molecule has 2 amide bonds. The number of nitrogens with two attached hydrogens (primary N) is 2. The summed E-state index contributed by atoms with van der Waals surface area (Å²) >= 11 is 0. The Balaban J connectivity index is 1.87. The standard InChI is InChI=1S/C28H34N4O5S/c1-19(2)17-32(38(36,37)24-14-12-23(29)13-15-24)18-26(33)25(16-20-6-4-3-5-7-20)31-28(35)22-10-8-21(9-11-22)27(30)34/h3-15,19,25-26,33H,16-18,29H2,1-2H3,(H2,30,34)(H,31,35)/t25-,26+/m0/s1. The number of nitrogens with one attached hydrogen (secondary N) is 1. The van der Waals surface area contributed by atoms with Crippen molar-refractivity contribution in [2.75, 3.05) is 18.8 Å². The highest BCUT2D eigenvalue weighted by Gasteiger charge is 2.31. The smallest absolute Gasteiger partial charge is 0.251 e. The van der Waals surface area contributed by atoms with Crippen molar-refractivity contribution in [2.24, 2.45) is 11.7 Å². The fraction of sp³-hybridized carbons (Fsp3) is 0.286. The van der Waals surface area contributed by atoms with Crippen molar-refractivity contribution in [3.63, 3.8) is 0 Å². The molecule has 9 nitrogen and oxygen atoms in total. The van der Waals surface area contributed by atoms with Crippen molar-refractivity contribution in [1.82, 2.24) is 9.62 Å². The van der Waals surface area contributed by atoms with Crippen LogP contribution in [0, 0.1) is 5.92 Å². The van der Waals surface area contributed by atoms with Gasteiger partial charge in [-0.1, -0.05) is 44.2 Å². The fourth-order valence-electron chi connectivity index (χ4n) is 3.99. The Labute approximate surface area is 223 Å². The first-order chi connectivity index (χ1) is 18.0. The average Bonchev–Trinajstić information content (AvgIpc) is 2.88. The lowest BCUT2D eigenvalue weighted by Crippen LogP contribution is -2.51. The largest absolute Gasteiger partial charge is 0.399 e. The lowest BCUT2D eigenvalue weighted by Gasteiger charge is -2.31. The highest BCUT2D eigenvalue weighted by Crippen LogP contribution is 2.20. The minimum Gasteiger partial charge on any atom is -0.399 e.